The van der Waals surface area contributed by atoms with Gasteiger partial charge in [-0.05, 0) is 30.3 Å². The van der Waals surface area contributed by atoms with Crippen LogP contribution in [0, 0.1) is 0 Å². The number of ether oxygens (including phenoxy) is 1. The minimum Gasteiger partial charge on any atom is -0.496 e. The molecule has 2 aromatic rings. The molecular weight excluding hydrogens is 306 g/mol. The Kier molecular flexibility index (Phi) is 4.58. The molecule has 0 atom stereocenters. The van der Waals surface area contributed by atoms with Crippen LogP contribution in [0.5, 0.6) is 5.75 Å². The molecule has 0 radical (unpaired) electrons. The van der Waals surface area contributed by atoms with Gasteiger partial charge >= 0.3 is 0 Å². The molecule has 0 aliphatic heterocycles. The van der Waals surface area contributed by atoms with Gasteiger partial charge < -0.3 is 10.1 Å². The number of amides is 1. The minimum absolute atomic E-state index is 0.0987. The maximum atomic E-state index is 12.0. The number of benzene rings is 2. The maximum Gasteiger partial charge on any atom is 0.251 e. The lowest BCUT2D eigenvalue weighted by Gasteiger charge is -2.09. The molecule has 0 unspecified atom stereocenters. The van der Waals surface area contributed by atoms with Crippen LogP contribution in [-0.4, -0.2) is 13.0 Å². The molecule has 2 aromatic carbocycles. The third kappa shape index (κ3) is 3.58. The number of methoxy groups -OCH3 is 1. The number of carbonyl (C=O) groups excluding carboxylic acids is 1. The van der Waals surface area contributed by atoms with E-state index in [1.165, 1.54) is 0 Å². The first-order chi connectivity index (χ1) is 9.20. The Hall–Kier alpha value is -1.81. The van der Waals surface area contributed by atoms with Crippen molar-refractivity contribution in [3.63, 3.8) is 0 Å². The molecule has 98 valence electrons. The number of nitrogens with one attached hydrogen (secondary N) is 1. The van der Waals surface area contributed by atoms with Crippen molar-refractivity contribution < 1.29 is 9.53 Å². The fourth-order valence-electron chi connectivity index (χ4n) is 1.73. The van der Waals surface area contributed by atoms with Crippen molar-refractivity contribution in [2.75, 3.05) is 7.11 Å². The molecule has 0 spiro atoms. The minimum atomic E-state index is -0.0987. The second-order valence-corrected chi connectivity index (χ2v) is 4.92. The van der Waals surface area contributed by atoms with Crippen LogP contribution in [0.3, 0.4) is 0 Å². The first kappa shape index (κ1) is 13.6. The molecule has 3 nitrogen and oxygen atoms in total. The Morgan fingerprint density at radius 3 is 2.53 bits per heavy atom. The monoisotopic (exact) mass is 319 g/mol. The Bertz CT molecular complexity index is 567. The first-order valence-electron chi connectivity index (χ1n) is 5.86. The number of carbonyl (C=O) groups is 1. The van der Waals surface area contributed by atoms with Crippen LogP contribution >= 0.6 is 15.9 Å². The molecule has 2 rings (SSSR count). The molecule has 1 N–H and O–H groups in total. The summed E-state index contributed by atoms with van der Waals surface area (Å²) in [4.78, 5) is 12.0. The molecule has 0 saturated heterocycles. The van der Waals surface area contributed by atoms with Gasteiger partial charge in [-0.15, -0.1) is 0 Å². The summed E-state index contributed by atoms with van der Waals surface area (Å²) in [5, 5.41) is 2.88. The van der Waals surface area contributed by atoms with Gasteiger partial charge in [-0.2, -0.15) is 0 Å². The zero-order chi connectivity index (χ0) is 13.7. The lowest BCUT2D eigenvalue weighted by Crippen LogP contribution is -2.22. The predicted octanol–water partition coefficient (Wildman–Crippen LogP) is 3.39. The molecule has 0 heterocycles. The number of hydrogen-bond donors (Lipinski definition) is 1. The third-order valence-corrected chi connectivity index (χ3v) is 3.27. The van der Waals surface area contributed by atoms with E-state index in [0.29, 0.717) is 12.1 Å². The summed E-state index contributed by atoms with van der Waals surface area (Å²) in [6, 6.07) is 14.9. The van der Waals surface area contributed by atoms with Crippen LogP contribution in [0.2, 0.25) is 0 Å². The average Bonchev–Trinajstić information content (AvgIpc) is 2.45. The van der Waals surface area contributed by atoms with E-state index in [0.717, 1.165) is 15.8 Å². The van der Waals surface area contributed by atoms with Gasteiger partial charge in [-0.3, -0.25) is 4.79 Å². The maximum absolute atomic E-state index is 12.0. The van der Waals surface area contributed by atoms with Gasteiger partial charge in [0.1, 0.15) is 5.75 Å². The summed E-state index contributed by atoms with van der Waals surface area (Å²) in [5.41, 5.74) is 1.59. The average molecular weight is 320 g/mol. The van der Waals surface area contributed by atoms with Gasteiger partial charge in [0.05, 0.1) is 7.11 Å². The highest BCUT2D eigenvalue weighted by Gasteiger charge is 2.07. The highest BCUT2D eigenvalue weighted by Crippen LogP contribution is 2.17. The van der Waals surface area contributed by atoms with Gasteiger partial charge in [0.15, 0.2) is 0 Å². The molecule has 1 amide bonds. The van der Waals surface area contributed by atoms with Crippen LogP contribution < -0.4 is 10.1 Å². The second-order valence-electron chi connectivity index (χ2n) is 4.00. The summed E-state index contributed by atoms with van der Waals surface area (Å²) in [5.74, 6) is 0.678. The molecule has 0 fully saturated rings. The highest BCUT2D eigenvalue weighted by molar-refractivity contribution is 9.10. The normalized spacial score (nSPS) is 10.0. The second kappa shape index (κ2) is 6.38. The number of halogens is 1. The smallest absolute Gasteiger partial charge is 0.251 e. The number of rotatable bonds is 4. The van der Waals surface area contributed by atoms with E-state index >= 15 is 0 Å². The van der Waals surface area contributed by atoms with Crippen molar-refractivity contribution in [2.45, 2.75) is 6.54 Å². The molecule has 19 heavy (non-hydrogen) atoms. The van der Waals surface area contributed by atoms with Crippen LogP contribution in [-0.2, 0) is 6.54 Å². The highest BCUT2D eigenvalue weighted by atomic mass is 79.9. The molecule has 0 aliphatic rings. The van der Waals surface area contributed by atoms with Crippen molar-refractivity contribution in [3.8, 4) is 5.75 Å². The largest absolute Gasteiger partial charge is 0.496 e. The van der Waals surface area contributed by atoms with Crippen molar-refractivity contribution in [1.29, 1.82) is 0 Å². The van der Waals surface area contributed by atoms with Crippen molar-refractivity contribution in [3.05, 3.63) is 64.1 Å². The molecular formula is C15H14BrNO2. The number of para-hydroxylation sites is 1. The van der Waals surface area contributed by atoms with Crippen LogP contribution in [0.25, 0.3) is 0 Å². The molecule has 0 aromatic heterocycles. The van der Waals surface area contributed by atoms with E-state index in [1.807, 2.05) is 36.4 Å². The van der Waals surface area contributed by atoms with E-state index in [9.17, 15) is 4.79 Å². The summed E-state index contributed by atoms with van der Waals surface area (Å²) in [6.07, 6.45) is 0. The van der Waals surface area contributed by atoms with Crippen LogP contribution in [0.4, 0.5) is 0 Å². The lowest BCUT2D eigenvalue weighted by atomic mass is 10.2. The zero-order valence-corrected chi connectivity index (χ0v) is 12.1. The van der Waals surface area contributed by atoms with E-state index < -0.39 is 0 Å². The molecule has 0 bridgehead atoms. The summed E-state index contributed by atoms with van der Waals surface area (Å²) in [7, 11) is 1.62. The van der Waals surface area contributed by atoms with Crippen molar-refractivity contribution in [1.82, 2.24) is 5.32 Å². The van der Waals surface area contributed by atoms with E-state index in [-0.39, 0.29) is 5.91 Å². The van der Waals surface area contributed by atoms with Crippen LogP contribution in [0.15, 0.2) is 53.0 Å². The first-order valence-corrected chi connectivity index (χ1v) is 6.65. The third-order valence-electron chi connectivity index (χ3n) is 2.74. The Morgan fingerprint density at radius 2 is 1.84 bits per heavy atom. The SMILES string of the molecule is COc1ccccc1CNC(=O)c1ccc(Br)cc1. The number of hydrogen-bond acceptors (Lipinski definition) is 2. The van der Waals surface area contributed by atoms with Gasteiger partial charge in [-0.25, -0.2) is 0 Å². The quantitative estimate of drug-likeness (QED) is 0.938. The Labute approximate surface area is 120 Å². The Balaban J connectivity index is 2.02. The predicted molar refractivity (Wildman–Crippen MR) is 78.3 cm³/mol. The van der Waals surface area contributed by atoms with Gasteiger partial charge in [0, 0.05) is 22.1 Å². The molecule has 4 heteroatoms. The fourth-order valence-corrected chi connectivity index (χ4v) is 1.99. The van der Waals surface area contributed by atoms with Gasteiger partial charge in [-0.1, -0.05) is 34.1 Å². The molecule has 0 aliphatic carbocycles. The van der Waals surface area contributed by atoms with Crippen LogP contribution in [0.1, 0.15) is 15.9 Å². The van der Waals surface area contributed by atoms with Gasteiger partial charge in [0.2, 0.25) is 0 Å². The Morgan fingerprint density at radius 1 is 1.16 bits per heavy atom. The van der Waals surface area contributed by atoms with E-state index in [2.05, 4.69) is 21.2 Å². The lowest BCUT2D eigenvalue weighted by molar-refractivity contribution is 0.0950. The van der Waals surface area contributed by atoms with Crippen molar-refractivity contribution >= 4 is 21.8 Å². The van der Waals surface area contributed by atoms with E-state index in [1.54, 1.807) is 19.2 Å². The van der Waals surface area contributed by atoms with Gasteiger partial charge in [0.25, 0.3) is 5.91 Å². The fraction of sp³-hybridized carbons (Fsp3) is 0.133. The molecule has 0 saturated carbocycles. The summed E-state index contributed by atoms with van der Waals surface area (Å²) < 4.78 is 6.19. The van der Waals surface area contributed by atoms with Crippen molar-refractivity contribution in [2.24, 2.45) is 0 Å². The summed E-state index contributed by atoms with van der Waals surface area (Å²) in [6.45, 7) is 0.443. The van der Waals surface area contributed by atoms with E-state index in [4.69, 9.17) is 4.74 Å². The topological polar surface area (TPSA) is 38.3 Å². The standard InChI is InChI=1S/C15H14BrNO2/c1-19-14-5-3-2-4-12(14)10-17-15(18)11-6-8-13(16)9-7-11/h2-9H,10H2,1H3,(H,17,18). The zero-order valence-electron chi connectivity index (χ0n) is 10.5. The summed E-state index contributed by atoms with van der Waals surface area (Å²) >= 11 is 3.34.